The number of terminal acetylenes is 1. The third-order valence-electron chi connectivity index (χ3n) is 0.642. The maximum Gasteiger partial charge on any atom is 0.177 e. The molecule has 0 aliphatic rings. The van der Waals surface area contributed by atoms with Gasteiger partial charge in [0, 0.05) is 6.42 Å². The van der Waals surface area contributed by atoms with E-state index in [0.717, 1.165) is 19.4 Å². The van der Waals surface area contributed by atoms with Gasteiger partial charge >= 0.3 is 0 Å². The van der Waals surface area contributed by atoms with Crippen molar-refractivity contribution in [2.24, 2.45) is 0 Å². The first-order chi connectivity index (χ1) is 3.41. The normalized spacial score (nSPS) is 7.86. The fourth-order valence-corrected chi connectivity index (χ4v) is 0.293. The van der Waals surface area contributed by atoms with Crippen molar-refractivity contribution in [3.05, 3.63) is 0 Å². The molecular formula is C5H8BN. The molecule has 0 unspecified atom stereocenters. The van der Waals surface area contributed by atoms with E-state index in [4.69, 9.17) is 14.4 Å². The molecule has 1 N–H and O–H groups in total. The van der Waals surface area contributed by atoms with Crippen LogP contribution >= 0.6 is 0 Å². The Morgan fingerprint density at radius 2 is 2.43 bits per heavy atom. The van der Waals surface area contributed by atoms with E-state index in [1.807, 2.05) is 0 Å². The van der Waals surface area contributed by atoms with E-state index < -0.39 is 0 Å². The largest absolute Gasteiger partial charge is 0.366 e. The van der Waals surface area contributed by atoms with Gasteiger partial charge in [-0.05, 0) is 13.0 Å². The molecule has 0 heterocycles. The summed E-state index contributed by atoms with van der Waals surface area (Å²) in [5, 5.41) is 2.51. The van der Waals surface area contributed by atoms with Crippen molar-refractivity contribution in [3.63, 3.8) is 0 Å². The van der Waals surface area contributed by atoms with Crippen LogP contribution in [0.15, 0.2) is 0 Å². The van der Waals surface area contributed by atoms with Crippen molar-refractivity contribution < 1.29 is 0 Å². The van der Waals surface area contributed by atoms with Crippen molar-refractivity contribution in [2.45, 2.75) is 12.8 Å². The van der Waals surface area contributed by atoms with Crippen LogP contribution in [-0.4, -0.2) is 14.5 Å². The molecule has 0 aliphatic heterocycles. The minimum atomic E-state index is 0.810. The van der Waals surface area contributed by atoms with E-state index in [9.17, 15) is 0 Å². The van der Waals surface area contributed by atoms with Crippen molar-refractivity contribution in [1.82, 2.24) is 5.23 Å². The predicted octanol–water partition coefficient (Wildman–Crippen LogP) is 0.0729. The van der Waals surface area contributed by atoms with Crippen LogP contribution in [0.3, 0.4) is 0 Å². The molecule has 0 atom stereocenters. The fourth-order valence-electron chi connectivity index (χ4n) is 0.293. The molecule has 0 bridgehead atoms. The second kappa shape index (κ2) is 5.58. The van der Waals surface area contributed by atoms with Crippen molar-refractivity contribution in [1.29, 1.82) is 0 Å². The van der Waals surface area contributed by atoms with Crippen LogP contribution < -0.4 is 5.23 Å². The second-order valence-corrected chi connectivity index (χ2v) is 1.26. The fraction of sp³-hybridized carbons (Fsp3) is 0.600. The minimum absolute atomic E-state index is 0.810. The average molecular weight is 92.9 g/mol. The number of unbranched alkanes of at least 4 members (excludes halogenated alkanes) is 1. The number of hydrogen-bond donors (Lipinski definition) is 1. The zero-order chi connectivity index (χ0) is 5.54. The number of nitrogens with one attached hydrogen (secondary N) is 1. The molecule has 7 heavy (non-hydrogen) atoms. The van der Waals surface area contributed by atoms with Crippen LogP contribution in [0.1, 0.15) is 12.8 Å². The zero-order valence-corrected chi connectivity index (χ0v) is 4.28. The van der Waals surface area contributed by atoms with Gasteiger partial charge in [-0.15, -0.1) is 12.3 Å². The summed E-state index contributed by atoms with van der Waals surface area (Å²) in [6.07, 6.45) is 6.73. The molecule has 0 fully saturated rings. The Kier molecular flexibility index (Phi) is 5.25. The highest BCUT2D eigenvalue weighted by Gasteiger charge is 1.76. The van der Waals surface area contributed by atoms with Gasteiger partial charge in [-0.3, -0.25) is 0 Å². The summed E-state index contributed by atoms with van der Waals surface area (Å²) in [6, 6.07) is 0. The highest BCUT2D eigenvalue weighted by atomic mass is 14.7. The molecule has 0 spiro atoms. The van der Waals surface area contributed by atoms with Gasteiger partial charge in [-0.2, -0.15) is 0 Å². The SMILES string of the molecule is [B]NCCCC#C. The molecule has 0 aromatic rings. The predicted molar refractivity (Wildman–Crippen MR) is 31.8 cm³/mol. The first kappa shape index (κ1) is 6.58. The Bertz CT molecular complexity index is 65.0. The quantitative estimate of drug-likeness (QED) is 0.296. The van der Waals surface area contributed by atoms with E-state index in [-0.39, 0.29) is 0 Å². The van der Waals surface area contributed by atoms with Crippen molar-refractivity contribution in [3.8, 4) is 12.3 Å². The van der Waals surface area contributed by atoms with E-state index in [1.165, 1.54) is 0 Å². The van der Waals surface area contributed by atoms with Gasteiger partial charge < -0.3 is 5.23 Å². The van der Waals surface area contributed by atoms with Gasteiger partial charge in [0.2, 0.25) is 0 Å². The van der Waals surface area contributed by atoms with Crippen LogP contribution in [0.5, 0.6) is 0 Å². The molecule has 2 radical (unpaired) electrons. The lowest BCUT2D eigenvalue weighted by Gasteiger charge is -1.89. The van der Waals surface area contributed by atoms with E-state index in [2.05, 4.69) is 11.1 Å². The van der Waals surface area contributed by atoms with Crippen LogP contribution in [0, 0.1) is 12.3 Å². The summed E-state index contributed by atoms with van der Waals surface area (Å²) in [7, 11) is 4.95. The monoisotopic (exact) mass is 93.1 g/mol. The van der Waals surface area contributed by atoms with Gasteiger partial charge in [0.05, 0.1) is 0 Å². The Hall–Kier alpha value is -0.415. The molecule has 0 saturated carbocycles. The molecule has 2 heteroatoms. The topological polar surface area (TPSA) is 12.0 Å². The third kappa shape index (κ3) is 5.58. The second-order valence-electron chi connectivity index (χ2n) is 1.26. The van der Waals surface area contributed by atoms with Crippen LogP contribution in [0.25, 0.3) is 0 Å². The maximum atomic E-state index is 4.95. The maximum absolute atomic E-state index is 4.95. The molecule has 36 valence electrons. The van der Waals surface area contributed by atoms with Crippen molar-refractivity contribution in [2.75, 3.05) is 6.54 Å². The average Bonchev–Trinajstić information content (AvgIpc) is 1.69. The first-order valence-corrected chi connectivity index (χ1v) is 2.28. The molecule has 0 aromatic heterocycles. The summed E-state index contributed by atoms with van der Waals surface area (Å²) in [4.78, 5) is 0. The number of rotatable bonds is 3. The standard InChI is InChI=1S/C5H8BN/c1-2-3-4-5-7-6/h1,7H,3-5H2. The molecular weight excluding hydrogens is 84.9 g/mol. The molecule has 0 amide bonds. The Morgan fingerprint density at radius 3 is 2.86 bits per heavy atom. The van der Waals surface area contributed by atoms with Crippen LogP contribution in [0.2, 0.25) is 0 Å². The lowest BCUT2D eigenvalue weighted by molar-refractivity contribution is 0.821. The van der Waals surface area contributed by atoms with Gasteiger partial charge in [-0.1, -0.05) is 0 Å². The molecule has 0 aromatic carbocycles. The molecule has 0 rings (SSSR count). The lowest BCUT2D eigenvalue weighted by Crippen LogP contribution is -2.08. The smallest absolute Gasteiger partial charge is 0.177 e. The van der Waals surface area contributed by atoms with Gasteiger partial charge in [0.1, 0.15) is 0 Å². The summed E-state index contributed by atoms with van der Waals surface area (Å²) >= 11 is 0. The van der Waals surface area contributed by atoms with E-state index in [1.54, 1.807) is 0 Å². The highest BCUT2D eigenvalue weighted by Crippen LogP contribution is 1.79. The van der Waals surface area contributed by atoms with Gasteiger partial charge in [0.15, 0.2) is 7.98 Å². The summed E-state index contributed by atoms with van der Waals surface area (Å²) in [6.45, 7) is 0.810. The Morgan fingerprint density at radius 1 is 1.71 bits per heavy atom. The number of hydrogen-bond acceptors (Lipinski definition) is 1. The summed E-state index contributed by atoms with van der Waals surface area (Å²) in [5.41, 5.74) is 0. The van der Waals surface area contributed by atoms with Crippen LogP contribution in [0.4, 0.5) is 0 Å². The zero-order valence-electron chi connectivity index (χ0n) is 4.28. The summed E-state index contributed by atoms with van der Waals surface area (Å²) < 4.78 is 0. The Balaban J connectivity index is 2.60. The Labute approximate surface area is 45.9 Å². The molecule has 1 nitrogen and oxygen atoms in total. The van der Waals surface area contributed by atoms with Gasteiger partial charge in [0.25, 0.3) is 0 Å². The van der Waals surface area contributed by atoms with Crippen molar-refractivity contribution >= 4 is 7.98 Å². The van der Waals surface area contributed by atoms with Crippen LogP contribution in [-0.2, 0) is 0 Å². The minimum Gasteiger partial charge on any atom is -0.366 e. The van der Waals surface area contributed by atoms with E-state index >= 15 is 0 Å². The molecule has 0 aliphatic carbocycles. The van der Waals surface area contributed by atoms with Gasteiger partial charge in [-0.25, -0.2) is 0 Å². The summed E-state index contributed by atoms with van der Waals surface area (Å²) in [5.74, 6) is 2.51. The third-order valence-corrected chi connectivity index (χ3v) is 0.642. The molecule has 0 saturated heterocycles. The highest BCUT2D eigenvalue weighted by molar-refractivity contribution is 6.04. The van der Waals surface area contributed by atoms with E-state index in [0.29, 0.717) is 0 Å². The lowest BCUT2D eigenvalue weighted by atomic mass is 10.3. The first-order valence-electron chi connectivity index (χ1n) is 2.28.